The molecule has 2 aromatic heterocycles. The summed E-state index contributed by atoms with van der Waals surface area (Å²) in [6.07, 6.45) is 8.19. The van der Waals surface area contributed by atoms with Crippen molar-refractivity contribution >= 4 is 16.7 Å². The number of aromatic nitrogens is 3. The van der Waals surface area contributed by atoms with Crippen molar-refractivity contribution in [3.8, 4) is 11.1 Å². The Morgan fingerprint density at radius 1 is 1.15 bits per heavy atom. The van der Waals surface area contributed by atoms with E-state index < -0.39 is 0 Å². The summed E-state index contributed by atoms with van der Waals surface area (Å²) in [5.41, 5.74) is 7.80. The van der Waals surface area contributed by atoms with E-state index in [1.807, 2.05) is 24.4 Å². The third-order valence-corrected chi connectivity index (χ3v) is 4.95. The Kier molecular flexibility index (Phi) is 4.54. The number of nitrogens with zero attached hydrogens (tertiary/aromatic N) is 3. The van der Waals surface area contributed by atoms with Crippen molar-refractivity contribution in [3.05, 3.63) is 70.0 Å². The Morgan fingerprint density at radius 2 is 2.00 bits per heavy atom. The number of allylic oxidation sites excluding steroid dienone is 4. The van der Waals surface area contributed by atoms with Crippen LogP contribution >= 0.6 is 0 Å². The molecule has 1 aliphatic rings. The fourth-order valence-corrected chi connectivity index (χ4v) is 3.48. The van der Waals surface area contributed by atoms with E-state index in [1.165, 1.54) is 5.57 Å². The minimum absolute atomic E-state index is 0.0120. The van der Waals surface area contributed by atoms with Crippen molar-refractivity contribution in [2.75, 3.05) is 5.32 Å². The van der Waals surface area contributed by atoms with Gasteiger partial charge in [0, 0.05) is 17.5 Å². The van der Waals surface area contributed by atoms with Crippen LogP contribution in [0.2, 0.25) is 0 Å². The van der Waals surface area contributed by atoms with E-state index in [2.05, 4.69) is 57.7 Å². The number of rotatable bonds is 5. The summed E-state index contributed by atoms with van der Waals surface area (Å²) in [6, 6.07) is 8.09. The Hall–Kier alpha value is -3.28. The van der Waals surface area contributed by atoms with Crippen molar-refractivity contribution in [2.45, 2.75) is 33.2 Å². The van der Waals surface area contributed by atoms with Crippen LogP contribution in [0.15, 0.2) is 59.1 Å². The van der Waals surface area contributed by atoms with Gasteiger partial charge in [-0.2, -0.15) is 10.0 Å². The Labute approximate surface area is 157 Å². The maximum absolute atomic E-state index is 11.0. The molecule has 0 radical (unpaired) electrons. The molecular formula is C21H21N5O. The second kappa shape index (κ2) is 7.15. The molecule has 0 fully saturated rings. The molecular weight excluding hydrogens is 338 g/mol. The summed E-state index contributed by atoms with van der Waals surface area (Å²) >= 11 is 0. The highest BCUT2D eigenvalue weighted by molar-refractivity contribution is 6.03. The summed E-state index contributed by atoms with van der Waals surface area (Å²) in [6.45, 7) is 4.18. The van der Waals surface area contributed by atoms with Crippen LogP contribution in [0.3, 0.4) is 0 Å². The van der Waals surface area contributed by atoms with Crippen LogP contribution in [-0.4, -0.2) is 15.2 Å². The first-order valence-electron chi connectivity index (χ1n) is 9.02. The standard InChI is InChI=1S/C21H21N5O/c1-13-7-9-15(10-8-13)24-17-11-22-21-20(17)19(18(12-23-27)25-26-21)16-6-4-3-5-14(16)2/h3-7,9,11,24H,8,10,12H2,1-2H3,(H,22,26). The third-order valence-electron chi connectivity index (χ3n) is 4.95. The van der Waals surface area contributed by atoms with Gasteiger partial charge in [0.25, 0.3) is 0 Å². The van der Waals surface area contributed by atoms with E-state index in [0.717, 1.165) is 46.3 Å². The first-order valence-corrected chi connectivity index (χ1v) is 9.02. The Balaban J connectivity index is 1.91. The van der Waals surface area contributed by atoms with Gasteiger partial charge in [0.2, 0.25) is 0 Å². The number of anilines is 1. The van der Waals surface area contributed by atoms with Gasteiger partial charge in [-0.3, -0.25) is 0 Å². The number of benzene rings is 1. The molecule has 4 rings (SSSR count). The van der Waals surface area contributed by atoms with Gasteiger partial charge in [-0.1, -0.05) is 41.1 Å². The number of aromatic amines is 1. The third kappa shape index (κ3) is 3.26. The normalized spacial score (nSPS) is 14.0. The van der Waals surface area contributed by atoms with E-state index in [0.29, 0.717) is 11.3 Å². The van der Waals surface area contributed by atoms with E-state index in [1.54, 1.807) is 0 Å². The second-order valence-electron chi connectivity index (χ2n) is 6.88. The quantitative estimate of drug-likeness (QED) is 0.611. The summed E-state index contributed by atoms with van der Waals surface area (Å²) < 4.78 is 0. The van der Waals surface area contributed by atoms with E-state index in [4.69, 9.17) is 0 Å². The molecule has 2 N–H and O–H groups in total. The number of H-pyrrole nitrogens is 1. The lowest BCUT2D eigenvalue weighted by Crippen LogP contribution is -2.04. The molecule has 27 heavy (non-hydrogen) atoms. The number of fused-ring (bicyclic) bond motifs is 1. The predicted molar refractivity (Wildman–Crippen MR) is 108 cm³/mol. The second-order valence-corrected chi connectivity index (χ2v) is 6.88. The average molecular weight is 359 g/mol. The molecule has 6 nitrogen and oxygen atoms in total. The molecule has 0 aliphatic heterocycles. The molecule has 0 atom stereocenters. The van der Waals surface area contributed by atoms with Crippen LogP contribution in [0.4, 0.5) is 5.69 Å². The van der Waals surface area contributed by atoms with Gasteiger partial charge in [-0.05, 0) is 43.9 Å². The molecule has 1 aliphatic carbocycles. The van der Waals surface area contributed by atoms with Gasteiger partial charge in [0.1, 0.15) is 6.54 Å². The van der Waals surface area contributed by atoms with Gasteiger partial charge >= 0.3 is 0 Å². The van der Waals surface area contributed by atoms with Crippen LogP contribution in [0, 0.1) is 11.8 Å². The van der Waals surface area contributed by atoms with Crippen LogP contribution in [0.25, 0.3) is 22.2 Å². The molecule has 0 unspecified atom stereocenters. The minimum atomic E-state index is -0.0120. The summed E-state index contributed by atoms with van der Waals surface area (Å²) in [5, 5.41) is 16.1. The summed E-state index contributed by atoms with van der Waals surface area (Å²) in [5.74, 6) is 0. The molecule has 6 heteroatoms. The van der Waals surface area contributed by atoms with Gasteiger partial charge in [-0.15, -0.1) is 5.10 Å². The topological polar surface area (TPSA) is 83.0 Å². The number of nitroso groups, excluding NO2 is 1. The number of hydrogen-bond acceptors (Lipinski definition) is 5. The monoisotopic (exact) mass is 359 g/mol. The SMILES string of the molecule is CC1=CC=C(Nc2c[nH]c3nnc(CN=O)c(-c4ccccc4C)c23)CC1. The van der Waals surface area contributed by atoms with E-state index in [9.17, 15) is 4.91 Å². The fraction of sp³-hybridized carbons (Fsp3) is 0.238. The largest absolute Gasteiger partial charge is 0.357 e. The van der Waals surface area contributed by atoms with E-state index in [-0.39, 0.29) is 6.54 Å². The number of hydrogen-bond donors (Lipinski definition) is 2. The lowest BCUT2D eigenvalue weighted by Gasteiger charge is -2.16. The van der Waals surface area contributed by atoms with Crippen LogP contribution < -0.4 is 5.32 Å². The van der Waals surface area contributed by atoms with Gasteiger partial charge in [0.15, 0.2) is 5.65 Å². The van der Waals surface area contributed by atoms with Gasteiger partial charge in [-0.25, -0.2) is 0 Å². The summed E-state index contributed by atoms with van der Waals surface area (Å²) in [4.78, 5) is 14.2. The highest BCUT2D eigenvalue weighted by Crippen LogP contribution is 2.37. The highest BCUT2D eigenvalue weighted by Gasteiger charge is 2.19. The Bertz CT molecular complexity index is 1080. The maximum atomic E-state index is 11.0. The van der Waals surface area contributed by atoms with Crippen molar-refractivity contribution in [3.63, 3.8) is 0 Å². The predicted octanol–water partition coefficient (Wildman–Crippen LogP) is 5.24. The summed E-state index contributed by atoms with van der Waals surface area (Å²) in [7, 11) is 0. The van der Waals surface area contributed by atoms with Crippen molar-refractivity contribution < 1.29 is 0 Å². The molecule has 3 aromatic rings. The zero-order valence-corrected chi connectivity index (χ0v) is 15.4. The van der Waals surface area contributed by atoms with Gasteiger partial charge < -0.3 is 10.3 Å². The fourth-order valence-electron chi connectivity index (χ4n) is 3.48. The van der Waals surface area contributed by atoms with Crippen LogP contribution in [0.1, 0.15) is 31.0 Å². The first-order chi connectivity index (χ1) is 13.2. The van der Waals surface area contributed by atoms with Crippen molar-refractivity contribution in [1.82, 2.24) is 15.2 Å². The van der Waals surface area contributed by atoms with Crippen molar-refractivity contribution in [1.29, 1.82) is 0 Å². The molecule has 0 saturated heterocycles. The van der Waals surface area contributed by atoms with Gasteiger partial charge in [0.05, 0.1) is 16.8 Å². The van der Waals surface area contributed by atoms with Crippen molar-refractivity contribution in [2.24, 2.45) is 5.18 Å². The van der Waals surface area contributed by atoms with Crippen LogP contribution in [-0.2, 0) is 6.54 Å². The average Bonchev–Trinajstić information content (AvgIpc) is 3.07. The maximum Gasteiger partial charge on any atom is 0.162 e. The first kappa shape index (κ1) is 17.1. The molecule has 2 heterocycles. The Morgan fingerprint density at radius 3 is 2.74 bits per heavy atom. The lowest BCUT2D eigenvalue weighted by atomic mass is 9.96. The van der Waals surface area contributed by atoms with Crippen LogP contribution in [0.5, 0.6) is 0 Å². The molecule has 0 spiro atoms. The zero-order valence-electron chi connectivity index (χ0n) is 15.4. The van der Waals surface area contributed by atoms with E-state index >= 15 is 0 Å². The molecule has 1 aromatic carbocycles. The molecule has 0 amide bonds. The highest BCUT2D eigenvalue weighted by atomic mass is 16.3. The molecule has 136 valence electrons. The molecule has 0 saturated carbocycles. The number of aryl methyl sites for hydroxylation is 1. The minimum Gasteiger partial charge on any atom is -0.357 e. The molecule has 0 bridgehead atoms. The smallest absolute Gasteiger partial charge is 0.162 e. The zero-order chi connectivity index (χ0) is 18.8. The lowest BCUT2D eigenvalue weighted by molar-refractivity contribution is 0.909. The number of nitrogens with one attached hydrogen (secondary N) is 2.